The molecule has 0 saturated heterocycles. The largest absolute Gasteiger partial charge is 0.491 e. The molecule has 0 bridgehead atoms. The molecule has 0 fully saturated rings. The molecule has 0 amide bonds. The molecular weight excluding hydrogens is 416 g/mol. The van der Waals surface area contributed by atoms with Gasteiger partial charge in [0.2, 0.25) is 0 Å². The van der Waals surface area contributed by atoms with E-state index in [4.69, 9.17) is 26.2 Å². The molecule has 0 aliphatic carbocycles. The van der Waals surface area contributed by atoms with Gasteiger partial charge in [-0.25, -0.2) is 0 Å². The number of allylic oxidation sites excluding steroid dienone is 5. The van der Waals surface area contributed by atoms with E-state index in [1.165, 1.54) is 0 Å². The number of hydrogen-bond donors (Lipinski definition) is 3. The molecular formula is C25H37ClO5. The van der Waals surface area contributed by atoms with Crippen LogP contribution in [-0.2, 0) is 11.2 Å². The van der Waals surface area contributed by atoms with Crippen molar-refractivity contribution in [1.82, 2.24) is 0 Å². The van der Waals surface area contributed by atoms with E-state index in [-0.39, 0.29) is 25.2 Å². The van der Waals surface area contributed by atoms with E-state index in [1.54, 1.807) is 0 Å². The van der Waals surface area contributed by atoms with Gasteiger partial charge >= 0.3 is 0 Å². The first-order chi connectivity index (χ1) is 14.9. The molecule has 1 rings (SSSR count). The van der Waals surface area contributed by atoms with Crippen LogP contribution in [0.15, 0.2) is 59.2 Å². The van der Waals surface area contributed by atoms with Gasteiger partial charge in [0.25, 0.3) is 0 Å². The molecule has 2 unspecified atom stereocenters. The molecule has 2 atom stereocenters. The standard InChI is InChI=1S/C25H37ClO5/c1-4-5-25(26)22(9-6-21(18-28)17-23(29)12-13-27)16-20-7-10-24(11-8-20)31-15-14-30-19(2)3/h4-11,19,21,23,27-29H,12-18H2,1-3H3/b5-4-,9-6+,25-22-. The highest BCUT2D eigenvalue weighted by Crippen LogP contribution is 2.22. The van der Waals surface area contributed by atoms with Crippen LogP contribution >= 0.6 is 11.6 Å². The minimum absolute atomic E-state index is 0.0776. The highest BCUT2D eigenvalue weighted by atomic mass is 35.5. The number of aliphatic hydroxyl groups excluding tert-OH is 3. The van der Waals surface area contributed by atoms with Gasteiger partial charge in [0.1, 0.15) is 12.4 Å². The number of halogens is 1. The van der Waals surface area contributed by atoms with Crippen molar-refractivity contribution in [2.75, 3.05) is 26.4 Å². The summed E-state index contributed by atoms with van der Waals surface area (Å²) in [6.07, 6.45) is 8.32. The fourth-order valence-corrected chi connectivity index (χ4v) is 3.18. The summed E-state index contributed by atoms with van der Waals surface area (Å²) in [6, 6.07) is 7.86. The summed E-state index contributed by atoms with van der Waals surface area (Å²) >= 11 is 6.48. The van der Waals surface area contributed by atoms with Gasteiger partial charge in [-0.3, -0.25) is 0 Å². The molecule has 3 N–H and O–H groups in total. The minimum Gasteiger partial charge on any atom is -0.491 e. The Balaban J connectivity index is 2.81. The third-order valence-electron chi connectivity index (χ3n) is 4.58. The second-order valence-electron chi connectivity index (χ2n) is 7.67. The smallest absolute Gasteiger partial charge is 0.119 e. The number of rotatable bonds is 15. The predicted molar refractivity (Wildman–Crippen MR) is 126 cm³/mol. The summed E-state index contributed by atoms with van der Waals surface area (Å²) in [4.78, 5) is 0. The fraction of sp³-hybridized carbons (Fsp3) is 0.520. The Morgan fingerprint density at radius 2 is 1.81 bits per heavy atom. The molecule has 6 heteroatoms. The van der Waals surface area contributed by atoms with E-state index in [2.05, 4.69) is 0 Å². The molecule has 0 heterocycles. The lowest BCUT2D eigenvalue weighted by Gasteiger charge is -2.15. The molecule has 0 aliphatic heterocycles. The lowest BCUT2D eigenvalue weighted by Crippen LogP contribution is -2.16. The summed E-state index contributed by atoms with van der Waals surface area (Å²) in [5.41, 5.74) is 1.99. The van der Waals surface area contributed by atoms with Gasteiger partial charge in [0.15, 0.2) is 0 Å². The highest BCUT2D eigenvalue weighted by molar-refractivity contribution is 6.31. The number of aliphatic hydroxyl groups is 3. The third-order valence-corrected chi connectivity index (χ3v) is 4.95. The zero-order valence-corrected chi connectivity index (χ0v) is 19.6. The molecule has 0 aromatic heterocycles. The van der Waals surface area contributed by atoms with Crippen LogP contribution in [0.5, 0.6) is 5.75 Å². The monoisotopic (exact) mass is 452 g/mol. The summed E-state index contributed by atoms with van der Waals surface area (Å²) in [6.45, 7) is 6.78. The Labute approximate surface area is 191 Å². The van der Waals surface area contributed by atoms with E-state index in [0.717, 1.165) is 16.9 Å². The quantitative estimate of drug-likeness (QED) is 0.271. The highest BCUT2D eigenvalue weighted by Gasteiger charge is 2.12. The lowest BCUT2D eigenvalue weighted by atomic mass is 9.97. The number of hydrogen-bond acceptors (Lipinski definition) is 5. The van der Waals surface area contributed by atoms with Gasteiger partial charge in [-0.2, -0.15) is 0 Å². The van der Waals surface area contributed by atoms with Crippen LogP contribution in [0.25, 0.3) is 0 Å². The van der Waals surface area contributed by atoms with Crippen molar-refractivity contribution in [3.05, 3.63) is 64.7 Å². The van der Waals surface area contributed by atoms with Gasteiger partial charge in [-0.05, 0) is 69.4 Å². The Morgan fingerprint density at radius 3 is 2.39 bits per heavy atom. The molecule has 5 nitrogen and oxygen atoms in total. The SMILES string of the molecule is C\C=C/C(Cl)=C(\C=C\C(CO)CC(O)CCO)Cc1ccc(OCCOC(C)C)cc1. The Bertz CT molecular complexity index is 694. The molecule has 0 radical (unpaired) electrons. The van der Waals surface area contributed by atoms with Gasteiger partial charge in [-0.15, -0.1) is 0 Å². The Hall–Kier alpha value is -1.63. The first-order valence-electron chi connectivity index (χ1n) is 10.8. The van der Waals surface area contributed by atoms with Crippen molar-refractivity contribution < 1.29 is 24.8 Å². The average Bonchev–Trinajstić information content (AvgIpc) is 2.74. The van der Waals surface area contributed by atoms with Crippen LogP contribution in [0.3, 0.4) is 0 Å². The number of benzene rings is 1. The van der Waals surface area contributed by atoms with Crippen LogP contribution in [0.2, 0.25) is 0 Å². The van der Waals surface area contributed by atoms with Gasteiger partial charge in [0, 0.05) is 24.2 Å². The minimum atomic E-state index is -0.649. The van der Waals surface area contributed by atoms with Crippen LogP contribution in [-0.4, -0.2) is 54.0 Å². The zero-order chi connectivity index (χ0) is 23.1. The first kappa shape index (κ1) is 27.4. The maximum Gasteiger partial charge on any atom is 0.119 e. The van der Waals surface area contributed by atoms with E-state index in [9.17, 15) is 10.2 Å². The second kappa shape index (κ2) is 16.1. The van der Waals surface area contributed by atoms with Gasteiger partial charge in [0.05, 0.1) is 18.8 Å². The normalized spacial score (nSPS) is 15.0. The van der Waals surface area contributed by atoms with Crippen LogP contribution in [0.1, 0.15) is 39.2 Å². The molecule has 0 saturated carbocycles. The third kappa shape index (κ3) is 12.1. The van der Waals surface area contributed by atoms with Crippen molar-refractivity contribution >= 4 is 11.6 Å². The van der Waals surface area contributed by atoms with Crippen molar-refractivity contribution in [2.24, 2.45) is 5.92 Å². The van der Waals surface area contributed by atoms with E-state index < -0.39 is 6.10 Å². The van der Waals surface area contributed by atoms with Crippen molar-refractivity contribution in [2.45, 2.75) is 52.2 Å². The van der Waals surface area contributed by atoms with Gasteiger partial charge in [-0.1, -0.05) is 42.0 Å². The average molecular weight is 453 g/mol. The second-order valence-corrected chi connectivity index (χ2v) is 8.07. The number of ether oxygens (including phenoxy) is 2. The van der Waals surface area contributed by atoms with Gasteiger partial charge < -0.3 is 24.8 Å². The topological polar surface area (TPSA) is 79.2 Å². The molecule has 174 valence electrons. The first-order valence-corrected chi connectivity index (χ1v) is 11.2. The maximum atomic E-state index is 9.90. The molecule has 1 aromatic rings. The van der Waals surface area contributed by atoms with E-state index in [0.29, 0.717) is 37.5 Å². The predicted octanol–water partition coefficient (Wildman–Crippen LogP) is 4.40. The summed E-state index contributed by atoms with van der Waals surface area (Å²) in [5.74, 6) is 0.574. The summed E-state index contributed by atoms with van der Waals surface area (Å²) in [5, 5.41) is 29.1. The molecule has 31 heavy (non-hydrogen) atoms. The summed E-state index contributed by atoms with van der Waals surface area (Å²) < 4.78 is 11.2. The van der Waals surface area contributed by atoms with Crippen LogP contribution < -0.4 is 4.74 Å². The van der Waals surface area contributed by atoms with Crippen LogP contribution in [0, 0.1) is 5.92 Å². The van der Waals surface area contributed by atoms with E-state index >= 15 is 0 Å². The van der Waals surface area contributed by atoms with Crippen molar-refractivity contribution in [1.29, 1.82) is 0 Å². The Kier molecular flexibility index (Phi) is 14.2. The van der Waals surface area contributed by atoms with Crippen molar-refractivity contribution in [3.8, 4) is 5.75 Å². The maximum absolute atomic E-state index is 9.90. The Morgan fingerprint density at radius 1 is 1.10 bits per heavy atom. The lowest BCUT2D eigenvalue weighted by molar-refractivity contribution is 0.0552. The van der Waals surface area contributed by atoms with Crippen molar-refractivity contribution in [3.63, 3.8) is 0 Å². The van der Waals surface area contributed by atoms with E-state index in [1.807, 2.05) is 69.3 Å². The summed E-state index contributed by atoms with van der Waals surface area (Å²) in [7, 11) is 0. The zero-order valence-electron chi connectivity index (χ0n) is 18.8. The molecule has 1 aromatic carbocycles. The van der Waals surface area contributed by atoms with Crippen LogP contribution in [0.4, 0.5) is 0 Å². The molecule has 0 aliphatic rings. The fourth-order valence-electron chi connectivity index (χ4n) is 2.93. The molecule has 0 spiro atoms.